The molecule has 1 N–H and O–H groups in total. The SMILES string of the molecule is N#Cc1c(COC(=O)c2ccc(NC3CC3)nc2)cn2ccccc12. The number of anilines is 1. The van der Waals surface area contributed by atoms with Crippen molar-refractivity contribution in [2.45, 2.75) is 25.5 Å². The van der Waals surface area contributed by atoms with Gasteiger partial charge < -0.3 is 14.5 Å². The van der Waals surface area contributed by atoms with Gasteiger partial charge in [-0.05, 0) is 37.1 Å². The number of nitriles is 1. The molecule has 124 valence electrons. The molecule has 1 aliphatic rings. The molecular formula is C19H16N4O2. The fourth-order valence-corrected chi connectivity index (χ4v) is 2.68. The number of esters is 1. The molecule has 25 heavy (non-hydrogen) atoms. The van der Waals surface area contributed by atoms with Crippen molar-refractivity contribution in [3.8, 4) is 6.07 Å². The molecule has 0 radical (unpaired) electrons. The highest BCUT2D eigenvalue weighted by Gasteiger charge is 2.21. The van der Waals surface area contributed by atoms with Crippen LogP contribution in [0, 0.1) is 11.3 Å². The van der Waals surface area contributed by atoms with E-state index in [1.807, 2.05) is 35.0 Å². The highest BCUT2D eigenvalue weighted by molar-refractivity contribution is 5.89. The summed E-state index contributed by atoms with van der Waals surface area (Å²) in [7, 11) is 0. The van der Waals surface area contributed by atoms with Crippen molar-refractivity contribution in [3.63, 3.8) is 0 Å². The first-order valence-electron chi connectivity index (χ1n) is 8.13. The van der Waals surface area contributed by atoms with Gasteiger partial charge in [-0.25, -0.2) is 9.78 Å². The molecule has 1 saturated carbocycles. The van der Waals surface area contributed by atoms with E-state index in [1.54, 1.807) is 12.1 Å². The lowest BCUT2D eigenvalue weighted by molar-refractivity contribution is 0.0472. The van der Waals surface area contributed by atoms with Crippen LogP contribution in [0.5, 0.6) is 0 Å². The molecule has 4 rings (SSSR count). The Balaban J connectivity index is 1.45. The topological polar surface area (TPSA) is 79.4 Å². The van der Waals surface area contributed by atoms with Gasteiger partial charge in [0, 0.05) is 30.2 Å². The van der Waals surface area contributed by atoms with Gasteiger partial charge in [-0.2, -0.15) is 5.26 Å². The lowest BCUT2D eigenvalue weighted by Crippen LogP contribution is -2.08. The Bertz CT molecular complexity index is 965. The minimum atomic E-state index is -0.454. The smallest absolute Gasteiger partial charge is 0.340 e. The van der Waals surface area contributed by atoms with Gasteiger partial charge in [-0.1, -0.05) is 6.07 Å². The van der Waals surface area contributed by atoms with Crippen molar-refractivity contribution in [1.29, 1.82) is 5.26 Å². The fourth-order valence-electron chi connectivity index (χ4n) is 2.68. The molecule has 0 spiro atoms. The Morgan fingerprint density at radius 3 is 2.96 bits per heavy atom. The van der Waals surface area contributed by atoms with E-state index in [0.717, 1.165) is 11.3 Å². The van der Waals surface area contributed by atoms with Crippen LogP contribution >= 0.6 is 0 Å². The number of rotatable bonds is 5. The summed E-state index contributed by atoms with van der Waals surface area (Å²) in [5.74, 6) is 0.314. The minimum absolute atomic E-state index is 0.0471. The van der Waals surface area contributed by atoms with E-state index < -0.39 is 5.97 Å². The zero-order valence-electron chi connectivity index (χ0n) is 13.5. The lowest BCUT2D eigenvalue weighted by Gasteiger charge is -2.06. The molecule has 3 aromatic rings. The second-order valence-electron chi connectivity index (χ2n) is 6.06. The van der Waals surface area contributed by atoms with Crippen LogP contribution in [0.4, 0.5) is 5.82 Å². The molecular weight excluding hydrogens is 316 g/mol. The van der Waals surface area contributed by atoms with Gasteiger partial charge in [0.1, 0.15) is 18.5 Å². The predicted octanol–water partition coefficient (Wildman–Crippen LogP) is 3.14. The number of carbonyl (C=O) groups is 1. The van der Waals surface area contributed by atoms with Crippen LogP contribution in [0.2, 0.25) is 0 Å². The number of nitrogens with zero attached hydrogens (tertiary/aromatic N) is 3. The van der Waals surface area contributed by atoms with Gasteiger partial charge in [0.2, 0.25) is 0 Å². The first kappa shape index (κ1) is 15.2. The van der Waals surface area contributed by atoms with E-state index in [-0.39, 0.29) is 6.61 Å². The normalized spacial score (nSPS) is 13.4. The first-order valence-corrected chi connectivity index (χ1v) is 8.13. The Kier molecular flexibility index (Phi) is 3.82. The van der Waals surface area contributed by atoms with Gasteiger partial charge in [0.25, 0.3) is 0 Å². The molecule has 0 bridgehead atoms. The molecule has 6 heteroatoms. The summed E-state index contributed by atoms with van der Waals surface area (Å²) in [5, 5.41) is 12.6. The van der Waals surface area contributed by atoms with Crippen molar-refractivity contribution in [3.05, 3.63) is 65.6 Å². The van der Waals surface area contributed by atoms with E-state index in [9.17, 15) is 10.1 Å². The summed E-state index contributed by atoms with van der Waals surface area (Å²) in [6.45, 7) is 0.0471. The number of hydrogen-bond acceptors (Lipinski definition) is 5. The van der Waals surface area contributed by atoms with Crippen LogP contribution in [-0.2, 0) is 11.3 Å². The van der Waals surface area contributed by atoms with E-state index in [1.165, 1.54) is 19.0 Å². The summed E-state index contributed by atoms with van der Waals surface area (Å²) >= 11 is 0. The zero-order valence-corrected chi connectivity index (χ0v) is 13.5. The number of hydrogen-bond donors (Lipinski definition) is 1. The molecule has 6 nitrogen and oxygen atoms in total. The Hall–Kier alpha value is -3.33. The maximum Gasteiger partial charge on any atom is 0.340 e. The molecule has 0 aromatic carbocycles. The number of pyridine rings is 2. The molecule has 0 amide bonds. The van der Waals surface area contributed by atoms with Crippen LogP contribution < -0.4 is 5.32 Å². The van der Waals surface area contributed by atoms with E-state index in [2.05, 4.69) is 16.4 Å². The summed E-state index contributed by atoms with van der Waals surface area (Å²) in [6, 6.07) is 11.8. The third-order valence-corrected chi connectivity index (χ3v) is 4.16. The van der Waals surface area contributed by atoms with Gasteiger partial charge in [-0.3, -0.25) is 0 Å². The molecule has 0 aliphatic heterocycles. The maximum atomic E-state index is 12.2. The largest absolute Gasteiger partial charge is 0.457 e. The monoisotopic (exact) mass is 332 g/mol. The van der Waals surface area contributed by atoms with Crippen LogP contribution in [0.1, 0.15) is 34.3 Å². The van der Waals surface area contributed by atoms with Crippen LogP contribution in [0.15, 0.2) is 48.9 Å². The van der Waals surface area contributed by atoms with Crippen molar-refractivity contribution in [1.82, 2.24) is 9.38 Å². The summed E-state index contributed by atoms with van der Waals surface area (Å²) in [6.07, 6.45) is 7.50. The first-order chi connectivity index (χ1) is 12.2. The highest BCUT2D eigenvalue weighted by Crippen LogP contribution is 2.23. The van der Waals surface area contributed by atoms with Crippen LogP contribution in [0.3, 0.4) is 0 Å². The number of carbonyl (C=O) groups excluding carboxylic acids is 1. The van der Waals surface area contributed by atoms with Gasteiger partial charge in [0.05, 0.1) is 16.6 Å². The number of ether oxygens (including phenoxy) is 1. The Morgan fingerprint density at radius 2 is 2.24 bits per heavy atom. The van der Waals surface area contributed by atoms with Crippen molar-refractivity contribution < 1.29 is 9.53 Å². The second-order valence-corrected chi connectivity index (χ2v) is 6.06. The predicted molar refractivity (Wildman–Crippen MR) is 92.1 cm³/mol. The quantitative estimate of drug-likeness (QED) is 0.726. The van der Waals surface area contributed by atoms with Crippen molar-refractivity contribution in [2.75, 3.05) is 5.32 Å². The second kappa shape index (κ2) is 6.29. The molecule has 0 atom stereocenters. The van der Waals surface area contributed by atoms with Crippen LogP contribution in [0.25, 0.3) is 5.52 Å². The molecule has 1 fully saturated rings. The van der Waals surface area contributed by atoms with E-state index in [4.69, 9.17) is 4.74 Å². The van der Waals surface area contributed by atoms with Gasteiger partial charge in [-0.15, -0.1) is 0 Å². The van der Waals surface area contributed by atoms with Gasteiger partial charge in [0.15, 0.2) is 0 Å². The standard InChI is InChI=1S/C19H16N4O2/c20-9-16-14(11-23-8-2-1-3-17(16)23)12-25-19(24)13-4-7-18(21-10-13)22-15-5-6-15/h1-4,7-8,10-11,15H,5-6,12H2,(H,21,22). The molecule has 0 saturated heterocycles. The highest BCUT2D eigenvalue weighted by atomic mass is 16.5. The van der Waals surface area contributed by atoms with E-state index in [0.29, 0.717) is 22.7 Å². The third kappa shape index (κ3) is 3.17. The summed E-state index contributed by atoms with van der Waals surface area (Å²) in [4.78, 5) is 16.4. The number of aromatic nitrogens is 2. The maximum absolute atomic E-state index is 12.2. The number of fused-ring (bicyclic) bond motifs is 1. The fraction of sp³-hybridized carbons (Fsp3) is 0.211. The third-order valence-electron chi connectivity index (χ3n) is 4.16. The van der Waals surface area contributed by atoms with Crippen molar-refractivity contribution >= 4 is 17.3 Å². The lowest BCUT2D eigenvalue weighted by atomic mass is 10.2. The average Bonchev–Trinajstić information content (AvgIpc) is 3.38. The molecule has 3 aromatic heterocycles. The van der Waals surface area contributed by atoms with Gasteiger partial charge >= 0.3 is 5.97 Å². The molecule has 0 unspecified atom stereocenters. The summed E-state index contributed by atoms with van der Waals surface area (Å²) in [5.41, 5.74) is 2.40. The van der Waals surface area contributed by atoms with Crippen molar-refractivity contribution in [2.24, 2.45) is 0 Å². The average molecular weight is 332 g/mol. The Labute approximate surface area is 144 Å². The molecule has 3 heterocycles. The van der Waals surface area contributed by atoms with E-state index >= 15 is 0 Å². The Morgan fingerprint density at radius 1 is 1.36 bits per heavy atom. The van der Waals surface area contributed by atoms with Crippen LogP contribution in [-0.4, -0.2) is 21.4 Å². The minimum Gasteiger partial charge on any atom is -0.457 e. The zero-order chi connectivity index (χ0) is 17.2. The number of nitrogens with one attached hydrogen (secondary N) is 1. The summed E-state index contributed by atoms with van der Waals surface area (Å²) < 4.78 is 7.20. The molecule has 1 aliphatic carbocycles.